The predicted octanol–water partition coefficient (Wildman–Crippen LogP) is 4.64. The SMILES string of the molecule is N#CC(=Nc1ccc(Cl)cc1)c1ccc(Cl)cc1. The molecule has 2 aromatic carbocycles. The molecule has 2 aromatic rings. The molecule has 0 radical (unpaired) electrons. The van der Waals surface area contributed by atoms with E-state index in [0.717, 1.165) is 5.56 Å². The molecule has 0 aliphatic carbocycles. The zero-order valence-electron chi connectivity index (χ0n) is 9.27. The van der Waals surface area contributed by atoms with Crippen LogP contribution in [-0.4, -0.2) is 5.71 Å². The van der Waals surface area contributed by atoms with E-state index in [1.54, 1.807) is 48.5 Å². The molecule has 0 fully saturated rings. The fourth-order valence-electron chi connectivity index (χ4n) is 1.41. The Morgan fingerprint density at radius 2 is 1.39 bits per heavy atom. The van der Waals surface area contributed by atoms with Crippen molar-refractivity contribution >= 4 is 34.6 Å². The average molecular weight is 275 g/mol. The minimum absolute atomic E-state index is 0.342. The van der Waals surface area contributed by atoms with Crippen LogP contribution in [-0.2, 0) is 0 Å². The van der Waals surface area contributed by atoms with Crippen molar-refractivity contribution in [1.29, 1.82) is 5.26 Å². The second-order valence-corrected chi connectivity index (χ2v) is 4.43. The van der Waals surface area contributed by atoms with Gasteiger partial charge >= 0.3 is 0 Å². The third kappa shape index (κ3) is 3.10. The first-order valence-corrected chi connectivity index (χ1v) is 5.95. The van der Waals surface area contributed by atoms with Gasteiger partial charge in [0.1, 0.15) is 11.8 Å². The summed E-state index contributed by atoms with van der Waals surface area (Å²) in [4.78, 5) is 4.27. The summed E-state index contributed by atoms with van der Waals surface area (Å²) >= 11 is 11.6. The van der Waals surface area contributed by atoms with Gasteiger partial charge < -0.3 is 0 Å². The number of aliphatic imine (C=N–C) groups is 1. The third-order valence-corrected chi connectivity index (χ3v) is 2.80. The lowest BCUT2D eigenvalue weighted by Gasteiger charge is -1.99. The minimum Gasteiger partial charge on any atom is -0.237 e. The number of nitrogens with zero attached hydrogens (tertiary/aromatic N) is 2. The first-order chi connectivity index (χ1) is 8.69. The van der Waals surface area contributed by atoms with Gasteiger partial charge in [-0.25, -0.2) is 4.99 Å². The normalized spacial score (nSPS) is 11.1. The Labute approximate surface area is 115 Å². The van der Waals surface area contributed by atoms with Crippen LogP contribution in [0.5, 0.6) is 0 Å². The maximum absolute atomic E-state index is 9.12. The van der Waals surface area contributed by atoms with Crippen LogP contribution in [0.1, 0.15) is 5.56 Å². The average Bonchev–Trinajstić information content (AvgIpc) is 2.39. The van der Waals surface area contributed by atoms with Crippen molar-refractivity contribution in [3.8, 4) is 6.07 Å². The smallest absolute Gasteiger partial charge is 0.148 e. The quantitative estimate of drug-likeness (QED) is 0.735. The Morgan fingerprint density at radius 3 is 1.89 bits per heavy atom. The lowest BCUT2D eigenvalue weighted by molar-refractivity contribution is 1.48. The Kier molecular flexibility index (Phi) is 3.99. The summed E-state index contributed by atoms with van der Waals surface area (Å²) in [6, 6.07) is 16.0. The molecule has 0 saturated heterocycles. The van der Waals surface area contributed by atoms with Crippen molar-refractivity contribution in [3.05, 3.63) is 64.1 Å². The standard InChI is InChI=1S/C14H8Cl2N2/c15-11-3-1-10(2-4-11)14(9-17)18-13-7-5-12(16)6-8-13/h1-8H. The monoisotopic (exact) mass is 274 g/mol. The largest absolute Gasteiger partial charge is 0.237 e. The summed E-state index contributed by atoms with van der Waals surface area (Å²) in [7, 11) is 0. The van der Waals surface area contributed by atoms with Crippen molar-refractivity contribution in [1.82, 2.24) is 0 Å². The molecular formula is C14H8Cl2N2. The lowest BCUT2D eigenvalue weighted by atomic mass is 10.1. The molecule has 0 aliphatic rings. The van der Waals surface area contributed by atoms with Gasteiger partial charge in [-0.05, 0) is 36.4 Å². The molecule has 0 N–H and O–H groups in total. The fourth-order valence-corrected chi connectivity index (χ4v) is 1.66. The molecule has 0 unspecified atom stereocenters. The summed E-state index contributed by atoms with van der Waals surface area (Å²) in [6.45, 7) is 0. The maximum Gasteiger partial charge on any atom is 0.148 e. The van der Waals surface area contributed by atoms with Crippen molar-refractivity contribution in [3.63, 3.8) is 0 Å². The third-order valence-electron chi connectivity index (χ3n) is 2.29. The molecule has 0 saturated carbocycles. The molecule has 0 spiro atoms. The number of hydrogen-bond donors (Lipinski definition) is 0. The Balaban J connectivity index is 2.37. The van der Waals surface area contributed by atoms with E-state index in [2.05, 4.69) is 11.1 Å². The van der Waals surface area contributed by atoms with Gasteiger partial charge in [0.15, 0.2) is 0 Å². The van der Waals surface area contributed by atoms with Gasteiger partial charge in [-0.2, -0.15) is 5.26 Å². The zero-order chi connectivity index (χ0) is 13.0. The molecule has 2 rings (SSSR count). The molecule has 4 heteroatoms. The fraction of sp³-hybridized carbons (Fsp3) is 0. The van der Waals surface area contributed by atoms with Crippen LogP contribution >= 0.6 is 23.2 Å². The molecule has 18 heavy (non-hydrogen) atoms. The first-order valence-electron chi connectivity index (χ1n) is 5.19. The highest BCUT2D eigenvalue weighted by Crippen LogP contribution is 2.18. The zero-order valence-corrected chi connectivity index (χ0v) is 10.8. The number of rotatable bonds is 2. The molecule has 0 heterocycles. The highest BCUT2D eigenvalue weighted by Gasteiger charge is 2.02. The molecule has 88 valence electrons. The van der Waals surface area contributed by atoms with E-state index in [1.807, 2.05) is 0 Å². The first kappa shape index (κ1) is 12.6. The van der Waals surface area contributed by atoms with Crippen molar-refractivity contribution in [2.75, 3.05) is 0 Å². The summed E-state index contributed by atoms with van der Waals surface area (Å²) in [5.74, 6) is 0. The highest BCUT2D eigenvalue weighted by molar-refractivity contribution is 6.31. The van der Waals surface area contributed by atoms with E-state index in [0.29, 0.717) is 21.4 Å². The van der Waals surface area contributed by atoms with Gasteiger partial charge in [0.05, 0.1) is 5.69 Å². The molecule has 2 nitrogen and oxygen atoms in total. The van der Waals surface area contributed by atoms with Crippen LogP contribution in [0.25, 0.3) is 0 Å². The van der Waals surface area contributed by atoms with E-state index in [4.69, 9.17) is 28.5 Å². The van der Waals surface area contributed by atoms with Gasteiger partial charge in [-0.15, -0.1) is 0 Å². The molecule has 0 bridgehead atoms. The number of hydrogen-bond acceptors (Lipinski definition) is 2. The van der Waals surface area contributed by atoms with Gasteiger partial charge in [-0.1, -0.05) is 35.3 Å². The van der Waals surface area contributed by atoms with Crippen LogP contribution in [0.4, 0.5) is 5.69 Å². The Morgan fingerprint density at radius 1 is 0.889 bits per heavy atom. The molecule has 0 aliphatic heterocycles. The topological polar surface area (TPSA) is 36.1 Å². The van der Waals surface area contributed by atoms with E-state index < -0.39 is 0 Å². The van der Waals surface area contributed by atoms with E-state index in [-0.39, 0.29) is 0 Å². The Bertz CT molecular complexity index is 608. The number of nitriles is 1. The summed E-state index contributed by atoms with van der Waals surface area (Å²) < 4.78 is 0. The van der Waals surface area contributed by atoms with Crippen LogP contribution in [0.15, 0.2) is 53.5 Å². The van der Waals surface area contributed by atoms with E-state index >= 15 is 0 Å². The van der Waals surface area contributed by atoms with Crippen LogP contribution < -0.4 is 0 Å². The van der Waals surface area contributed by atoms with Crippen LogP contribution in [0.2, 0.25) is 10.0 Å². The molecule has 0 aromatic heterocycles. The van der Waals surface area contributed by atoms with Gasteiger partial charge in [0, 0.05) is 15.6 Å². The molecule has 0 atom stereocenters. The molecular weight excluding hydrogens is 267 g/mol. The lowest BCUT2D eigenvalue weighted by Crippen LogP contribution is -1.95. The van der Waals surface area contributed by atoms with Crippen LogP contribution in [0.3, 0.4) is 0 Å². The van der Waals surface area contributed by atoms with Crippen molar-refractivity contribution in [2.24, 2.45) is 4.99 Å². The Hall–Kier alpha value is -1.82. The van der Waals surface area contributed by atoms with Gasteiger partial charge in [-0.3, -0.25) is 0 Å². The van der Waals surface area contributed by atoms with Gasteiger partial charge in [0.25, 0.3) is 0 Å². The molecule has 0 amide bonds. The van der Waals surface area contributed by atoms with Crippen LogP contribution in [0, 0.1) is 11.3 Å². The second kappa shape index (κ2) is 5.68. The summed E-state index contributed by atoms with van der Waals surface area (Å²) in [5.41, 5.74) is 1.76. The van der Waals surface area contributed by atoms with E-state index in [9.17, 15) is 0 Å². The number of benzene rings is 2. The number of halogens is 2. The second-order valence-electron chi connectivity index (χ2n) is 3.56. The minimum atomic E-state index is 0.342. The maximum atomic E-state index is 9.12. The highest BCUT2D eigenvalue weighted by atomic mass is 35.5. The summed E-state index contributed by atoms with van der Waals surface area (Å²) in [5, 5.41) is 10.4. The van der Waals surface area contributed by atoms with E-state index in [1.165, 1.54) is 0 Å². The van der Waals surface area contributed by atoms with Crippen molar-refractivity contribution in [2.45, 2.75) is 0 Å². The predicted molar refractivity (Wildman–Crippen MR) is 74.7 cm³/mol. The van der Waals surface area contributed by atoms with Gasteiger partial charge in [0.2, 0.25) is 0 Å². The van der Waals surface area contributed by atoms with Crippen molar-refractivity contribution < 1.29 is 0 Å². The summed E-state index contributed by atoms with van der Waals surface area (Å²) in [6.07, 6.45) is 0.